The predicted octanol–water partition coefficient (Wildman–Crippen LogP) is 2.20. The van der Waals surface area contributed by atoms with Gasteiger partial charge < -0.3 is 11.1 Å². The summed E-state index contributed by atoms with van der Waals surface area (Å²) in [6.45, 7) is 0. The minimum atomic E-state index is -0.485. The smallest absolute Gasteiger partial charge is 0.225 e. The average Bonchev–Trinajstić information content (AvgIpc) is 3.15. The second-order valence-corrected chi connectivity index (χ2v) is 5.54. The first-order valence-corrected chi connectivity index (χ1v) is 6.79. The fraction of sp³-hybridized carbons (Fsp3) is 0.385. The van der Waals surface area contributed by atoms with Crippen LogP contribution in [0.1, 0.15) is 18.4 Å². The molecule has 1 fully saturated rings. The highest BCUT2D eigenvalue weighted by molar-refractivity contribution is 7.80. The number of amides is 1. The molecule has 1 amide bonds. The van der Waals surface area contributed by atoms with Gasteiger partial charge in [0.25, 0.3) is 0 Å². The van der Waals surface area contributed by atoms with Gasteiger partial charge in [0.1, 0.15) is 5.82 Å². The lowest BCUT2D eigenvalue weighted by Gasteiger charge is -2.17. The maximum Gasteiger partial charge on any atom is 0.225 e. The lowest BCUT2D eigenvalue weighted by Crippen LogP contribution is -2.45. The third-order valence-electron chi connectivity index (χ3n) is 3.12. The summed E-state index contributed by atoms with van der Waals surface area (Å²) >= 11 is 10.8. The number of carbonyl (C=O) groups excluding carboxylic acids is 1. The minimum Gasteiger partial charge on any atom is -0.392 e. The fourth-order valence-electron chi connectivity index (χ4n) is 1.94. The van der Waals surface area contributed by atoms with Crippen molar-refractivity contribution < 1.29 is 9.18 Å². The van der Waals surface area contributed by atoms with Crippen LogP contribution in [0.25, 0.3) is 0 Å². The molecule has 0 heterocycles. The zero-order valence-corrected chi connectivity index (χ0v) is 11.7. The van der Waals surface area contributed by atoms with E-state index in [0.717, 1.165) is 12.8 Å². The molecule has 3 N–H and O–H groups in total. The van der Waals surface area contributed by atoms with E-state index in [1.165, 1.54) is 12.1 Å². The maximum atomic E-state index is 13.6. The SMILES string of the molecule is NC(=S)C(NC(=O)Cc1c(F)cccc1Cl)C1CC1. The molecule has 1 unspecified atom stereocenters. The second kappa shape index (κ2) is 5.84. The number of hydrogen-bond donors (Lipinski definition) is 2. The largest absolute Gasteiger partial charge is 0.392 e. The molecule has 0 saturated heterocycles. The van der Waals surface area contributed by atoms with E-state index >= 15 is 0 Å². The van der Waals surface area contributed by atoms with Crippen LogP contribution in [0, 0.1) is 11.7 Å². The number of carbonyl (C=O) groups is 1. The van der Waals surface area contributed by atoms with Crippen LogP contribution >= 0.6 is 23.8 Å². The van der Waals surface area contributed by atoms with Crippen molar-refractivity contribution >= 4 is 34.7 Å². The van der Waals surface area contributed by atoms with E-state index in [0.29, 0.717) is 5.92 Å². The molecule has 0 bridgehead atoms. The fourth-order valence-corrected chi connectivity index (χ4v) is 2.42. The lowest BCUT2D eigenvalue weighted by molar-refractivity contribution is -0.120. The average molecular weight is 301 g/mol. The second-order valence-electron chi connectivity index (χ2n) is 4.66. The van der Waals surface area contributed by atoms with Crippen LogP contribution in [0.3, 0.4) is 0 Å². The number of nitrogens with one attached hydrogen (secondary N) is 1. The van der Waals surface area contributed by atoms with Gasteiger partial charge in [-0.1, -0.05) is 29.9 Å². The lowest BCUT2D eigenvalue weighted by atomic mass is 10.1. The van der Waals surface area contributed by atoms with Crippen LogP contribution in [0.2, 0.25) is 5.02 Å². The minimum absolute atomic E-state index is 0.114. The zero-order valence-electron chi connectivity index (χ0n) is 10.2. The number of hydrogen-bond acceptors (Lipinski definition) is 2. The van der Waals surface area contributed by atoms with Crippen molar-refractivity contribution in [2.75, 3.05) is 0 Å². The summed E-state index contributed by atoms with van der Waals surface area (Å²) < 4.78 is 13.6. The van der Waals surface area contributed by atoms with Gasteiger partial charge >= 0.3 is 0 Å². The number of nitrogens with two attached hydrogens (primary N) is 1. The number of halogens is 2. The summed E-state index contributed by atoms with van der Waals surface area (Å²) in [6.07, 6.45) is 1.89. The van der Waals surface area contributed by atoms with E-state index in [-0.39, 0.29) is 33.9 Å². The Labute approximate surface area is 121 Å². The Morgan fingerprint density at radius 3 is 2.79 bits per heavy atom. The molecule has 102 valence electrons. The van der Waals surface area contributed by atoms with Crippen LogP contribution in [-0.2, 0) is 11.2 Å². The summed E-state index contributed by atoms with van der Waals surface area (Å²) in [4.78, 5) is 12.2. The Hall–Kier alpha value is -1.20. The van der Waals surface area contributed by atoms with Crippen molar-refractivity contribution in [3.05, 3.63) is 34.6 Å². The van der Waals surface area contributed by atoms with Gasteiger partial charge in [-0.25, -0.2) is 4.39 Å². The van der Waals surface area contributed by atoms with E-state index in [2.05, 4.69) is 5.32 Å². The topological polar surface area (TPSA) is 55.1 Å². The van der Waals surface area contributed by atoms with Crippen molar-refractivity contribution in [2.45, 2.75) is 25.3 Å². The third-order valence-corrected chi connectivity index (χ3v) is 3.72. The zero-order chi connectivity index (χ0) is 14.0. The normalized spacial score (nSPS) is 15.9. The molecular weight excluding hydrogens is 287 g/mol. The Balaban J connectivity index is 2.02. The molecule has 1 saturated carbocycles. The van der Waals surface area contributed by atoms with Crippen LogP contribution in [-0.4, -0.2) is 16.9 Å². The highest BCUT2D eigenvalue weighted by Gasteiger charge is 2.34. The molecular formula is C13H14ClFN2OS. The number of benzene rings is 1. The Morgan fingerprint density at radius 2 is 2.26 bits per heavy atom. The van der Waals surface area contributed by atoms with E-state index in [1.807, 2.05) is 0 Å². The van der Waals surface area contributed by atoms with Gasteiger partial charge in [-0.3, -0.25) is 4.79 Å². The summed E-state index contributed by atoms with van der Waals surface area (Å²) in [5.74, 6) is -0.491. The highest BCUT2D eigenvalue weighted by atomic mass is 35.5. The molecule has 3 nitrogen and oxygen atoms in total. The first-order chi connectivity index (χ1) is 8.99. The first-order valence-electron chi connectivity index (χ1n) is 6.00. The predicted molar refractivity (Wildman–Crippen MR) is 76.6 cm³/mol. The number of rotatable bonds is 5. The van der Waals surface area contributed by atoms with Crippen molar-refractivity contribution in [2.24, 2.45) is 11.7 Å². The maximum absolute atomic E-state index is 13.6. The van der Waals surface area contributed by atoms with Gasteiger partial charge in [0.2, 0.25) is 5.91 Å². The van der Waals surface area contributed by atoms with Crippen molar-refractivity contribution in [3.63, 3.8) is 0 Å². The molecule has 1 aromatic carbocycles. The van der Waals surface area contributed by atoms with Gasteiger partial charge in [0, 0.05) is 10.6 Å². The Morgan fingerprint density at radius 1 is 1.58 bits per heavy atom. The molecule has 0 aromatic heterocycles. The van der Waals surface area contributed by atoms with E-state index in [4.69, 9.17) is 29.6 Å². The van der Waals surface area contributed by atoms with Gasteiger partial charge in [-0.2, -0.15) is 0 Å². The molecule has 2 rings (SSSR count). The van der Waals surface area contributed by atoms with Gasteiger partial charge in [0.05, 0.1) is 17.5 Å². The van der Waals surface area contributed by atoms with Crippen LogP contribution in [0.5, 0.6) is 0 Å². The molecule has 0 spiro atoms. The summed E-state index contributed by atoms with van der Waals surface area (Å²) in [5.41, 5.74) is 5.79. The first kappa shape index (κ1) is 14.2. The summed E-state index contributed by atoms with van der Waals surface area (Å²) in [5, 5.41) is 2.99. The molecule has 0 radical (unpaired) electrons. The molecule has 1 atom stereocenters. The van der Waals surface area contributed by atoms with Crippen LogP contribution in [0.15, 0.2) is 18.2 Å². The number of thiocarbonyl (C=S) groups is 1. The molecule has 1 aliphatic rings. The standard InChI is InChI=1S/C13H14ClFN2OS/c14-9-2-1-3-10(15)8(9)6-11(18)17-12(13(16)19)7-4-5-7/h1-3,7,12H,4-6H2,(H2,16,19)(H,17,18). The van der Waals surface area contributed by atoms with E-state index < -0.39 is 5.82 Å². The molecule has 0 aliphatic heterocycles. The molecule has 19 heavy (non-hydrogen) atoms. The van der Waals surface area contributed by atoms with Crippen LogP contribution in [0.4, 0.5) is 4.39 Å². The highest BCUT2D eigenvalue weighted by Crippen LogP contribution is 2.32. The van der Waals surface area contributed by atoms with Gasteiger partial charge in [0.15, 0.2) is 0 Å². The monoisotopic (exact) mass is 300 g/mol. The summed E-state index contributed by atoms with van der Waals surface area (Å²) in [7, 11) is 0. The van der Waals surface area contributed by atoms with E-state index in [1.54, 1.807) is 6.07 Å². The Kier molecular flexibility index (Phi) is 4.37. The summed E-state index contributed by atoms with van der Waals surface area (Å²) in [6, 6.07) is 4.04. The van der Waals surface area contributed by atoms with Crippen LogP contribution < -0.4 is 11.1 Å². The Bertz CT molecular complexity index is 499. The molecule has 1 aliphatic carbocycles. The molecule has 6 heteroatoms. The van der Waals surface area contributed by atoms with Gasteiger partial charge in [-0.15, -0.1) is 0 Å². The van der Waals surface area contributed by atoms with Gasteiger partial charge in [-0.05, 0) is 30.9 Å². The quantitative estimate of drug-likeness (QED) is 0.820. The van der Waals surface area contributed by atoms with E-state index in [9.17, 15) is 9.18 Å². The van der Waals surface area contributed by atoms with Crippen molar-refractivity contribution in [3.8, 4) is 0 Å². The molecule has 1 aromatic rings. The third kappa shape index (κ3) is 3.64. The van der Waals surface area contributed by atoms with Crippen molar-refractivity contribution in [1.82, 2.24) is 5.32 Å². The van der Waals surface area contributed by atoms with Crippen molar-refractivity contribution in [1.29, 1.82) is 0 Å².